The van der Waals surface area contributed by atoms with Gasteiger partial charge in [0.05, 0.1) is 10.7 Å². The van der Waals surface area contributed by atoms with Crippen molar-refractivity contribution < 1.29 is 18.7 Å². The molecule has 2 N–H and O–H groups in total. The van der Waals surface area contributed by atoms with Crippen LogP contribution < -0.4 is 15.6 Å². The Hall–Kier alpha value is -2.28. The number of amides is 2. The maximum absolute atomic E-state index is 11.7. The van der Waals surface area contributed by atoms with Crippen LogP contribution in [-0.2, 0) is 4.79 Å². The first kappa shape index (κ1) is 17.1. The summed E-state index contributed by atoms with van der Waals surface area (Å²) >= 11 is 3.42. The molecule has 0 aliphatic heterocycles. The molecule has 0 atom stereocenters. The Morgan fingerprint density at radius 3 is 2.65 bits per heavy atom. The first-order chi connectivity index (χ1) is 11.0. The molecule has 23 heavy (non-hydrogen) atoms. The van der Waals surface area contributed by atoms with E-state index in [9.17, 15) is 9.59 Å². The lowest BCUT2D eigenvalue weighted by molar-refractivity contribution is -0.123. The average Bonchev–Trinajstić information content (AvgIpc) is 3.05. The predicted molar refractivity (Wildman–Crippen MR) is 88.0 cm³/mol. The van der Waals surface area contributed by atoms with Gasteiger partial charge in [-0.2, -0.15) is 0 Å². The van der Waals surface area contributed by atoms with E-state index in [-0.39, 0.29) is 12.4 Å². The lowest BCUT2D eigenvalue weighted by Crippen LogP contribution is -2.43. The molecule has 1 aromatic carbocycles. The third kappa shape index (κ3) is 4.85. The van der Waals surface area contributed by atoms with Crippen molar-refractivity contribution in [2.45, 2.75) is 19.8 Å². The number of halogens is 1. The summed E-state index contributed by atoms with van der Waals surface area (Å²) in [6, 6.07) is 8.77. The smallest absolute Gasteiger partial charge is 0.305 e. The zero-order chi connectivity index (χ0) is 16.8. The minimum Gasteiger partial charge on any atom is -0.483 e. The minimum absolute atomic E-state index is 0.109. The van der Waals surface area contributed by atoms with Gasteiger partial charge in [-0.05, 0) is 51.7 Å². The van der Waals surface area contributed by atoms with Crippen molar-refractivity contribution in [3.05, 3.63) is 52.4 Å². The first-order valence-electron chi connectivity index (χ1n) is 7.02. The number of nitrogens with one attached hydrogen (secondary N) is 2. The Morgan fingerprint density at radius 2 is 2.04 bits per heavy atom. The molecule has 0 unspecified atom stereocenters. The monoisotopic (exact) mass is 380 g/mol. The quantitative estimate of drug-likeness (QED) is 0.781. The largest absolute Gasteiger partial charge is 0.483 e. The lowest BCUT2D eigenvalue weighted by atomic mass is 10.0. The van der Waals surface area contributed by atoms with E-state index in [1.54, 1.807) is 12.1 Å². The molecule has 2 aromatic rings. The van der Waals surface area contributed by atoms with Crippen molar-refractivity contribution in [1.82, 2.24) is 10.9 Å². The fourth-order valence-electron chi connectivity index (χ4n) is 1.77. The summed E-state index contributed by atoms with van der Waals surface area (Å²) in [5.41, 5.74) is 5.65. The molecule has 2 amide bonds. The van der Waals surface area contributed by atoms with Crippen LogP contribution in [0.4, 0.5) is 0 Å². The van der Waals surface area contributed by atoms with E-state index < -0.39 is 11.8 Å². The van der Waals surface area contributed by atoms with Gasteiger partial charge in [0.1, 0.15) is 5.75 Å². The standard InChI is InChI=1S/C16H17BrN2O4/c1-10(2)11-5-6-13(12(17)8-11)23-9-15(20)18-19-16(21)14-4-3-7-22-14/h3-8,10H,9H2,1-2H3,(H,18,20)(H,19,21). The molecule has 0 spiro atoms. The van der Waals surface area contributed by atoms with Crippen LogP contribution in [0, 0.1) is 0 Å². The number of carbonyl (C=O) groups is 2. The minimum atomic E-state index is -0.536. The highest BCUT2D eigenvalue weighted by molar-refractivity contribution is 9.10. The SMILES string of the molecule is CC(C)c1ccc(OCC(=O)NNC(=O)c2ccco2)c(Br)c1. The predicted octanol–water partition coefficient (Wildman–Crippen LogP) is 3.01. The van der Waals surface area contributed by atoms with Crippen LogP contribution in [0.25, 0.3) is 0 Å². The molecule has 0 saturated heterocycles. The van der Waals surface area contributed by atoms with Gasteiger partial charge >= 0.3 is 5.91 Å². The second-order valence-corrected chi connectivity index (χ2v) is 5.97. The lowest BCUT2D eigenvalue weighted by Gasteiger charge is -2.11. The van der Waals surface area contributed by atoms with Gasteiger partial charge in [-0.15, -0.1) is 0 Å². The summed E-state index contributed by atoms with van der Waals surface area (Å²) in [7, 11) is 0. The van der Waals surface area contributed by atoms with Crippen molar-refractivity contribution >= 4 is 27.7 Å². The number of hydrogen-bond donors (Lipinski definition) is 2. The number of hydrogen-bond acceptors (Lipinski definition) is 4. The second-order valence-electron chi connectivity index (χ2n) is 5.11. The van der Waals surface area contributed by atoms with Crippen LogP contribution >= 0.6 is 15.9 Å². The first-order valence-corrected chi connectivity index (χ1v) is 7.81. The molecule has 122 valence electrons. The van der Waals surface area contributed by atoms with E-state index >= 15 is 0 Å². The van der Waals surface area contributed by atoms with Gasteiger partial charge in [0.15, 0.2) is 12.4 Å². The molecule has 0 fully saturated rings. The van der Waals surface area contributed by atoms with Crippen LogP contribution in [0.2, 0.25) is 0 Å². The fourth-order valence-corrected chi connectivity index (χ4v) is 2.28. The van der Waals surface area contributed by atoms with Crippen molar-refractivity contribution in [3.63, 3.8) is 0 Å². The van der Waals surface area contributed by atoms with Gasteiger partial charge in [-0.1, -0.05) is 19.9 Å². The normalized spacial score (nSPS) is 10.4. The molecular formula is C16H17BrN2O4. The van der Waals surface area contributed by atoms with Gasteiger partial charge in [0.2, 0.25) is 0 Å². The number of rotatable bonds is 5. The number of furan rings is 1. The molecule has 2 rings (SSSR count). The van der Waals surface area contributed by atoms with Gasteiger partial charge in [-0.25, -0.2) is 0 Å². The number of benzene rings is 1. The highest BCUT2D eigenvalue weighted by atomic mass is 79.9. The molecule has 1 heterocycles. The van der Waals surface area contributed by atoms with Crippen molar-refractivity contribution in [2.75, 3.05) is 6.61 Å². The third-order valence-corrected chi connectivity index (χ3v) is 3.66. The summed E-state index contributed by atoms with van der Waals surface area (Å²) in [5, 5.41) is 0. The molecule has 1 aromatic heterocycles. The van der Waals surface area contributed by atoms with Gasteiger partial charge in [-0.3, -0.25) is 20.4 Å². The molecule has 0 saturated carbocycles. The molecule has 6 nitrogen and oxygen atoms in total. The summed E-state index contributed by atoms with van der Waals surface area (Å²) in [6.45, 7) is 3.97. The van der Waals surface area contributed by atoms with E-state index in [1.807, 2.05) is 12.1 Å². The van der Waals surface area contributed by atoms with Crippen LogP contribution in [-0.4, -0.2) is 18.4 Å². The van der Waals surface area contributed by atoms with Crippen LogP contribution in [0.5, 0.6) is 5.75 Å². The van der Waals surface area contributed by atoms with Gasteiger partial charge in [0.25, 0.3) is 5.91 Å². The number of hydrazine groups is 1. The zero-order valence-corrected chi connectivity index (χ0v) is 14.3. The van der Waals surface area contributed by atoms with Crippen LogP contribution in [0.15, 0.2) is 45.5 Å². The average molecular weight is 381 g/mol. The number of ether oxygens (including phenoxy) is 1. The Kier molecular flexibility index (Phi) is 5.81. The van der Waals surface area contributed by atoms with E-state index in [1.165, 1.54) is 17.9 Å². The number of carbonyl (C=O) groups excluding carboxylic acids is 2. The van der Waals surface area contributed by atoms with Crippen molar-refractivity contribution in [2.24, 2.45) is 0 Å². The Balaban J connectivity index is 1.81. The van der Waals surface area contributed by atoms with Gasteiger partial charge < -0.3 is 9.15 Å². The Bertz CT molecular complexity index is 683. The highest BCUT2D eigenvalue weighted by Crippen LogP contribution is 2.28. The van der Waals surface area contributed by atoms with E-state index in [2.05, 4.69) is 40.6 Å². The molecule has 0 aliphatic rings. The van der Waals surface area contributed by atoms with Crippen molar-refractivity contribution in [1.29, 1.82) is 0 Å². The topological polar surface area (TPSA) is 80.6 Å². The summed E-state index contributed by atoms with van der Waals surface area (Å²) in [5.74, 6) is 0.0520. The van der Waals surface area contributed by atoms with Crippen LogP contribution in [0.1, 0.15) is 35.9 Å². The Morgan fingerprint density at radius 1 is 1.26 bits per heavy atom. The van der Waals surface area contributed by atoms with E-state index in [4.69, 9.17) is 9.15 Å². The van der Waals surface area contributed by atoms with Gasteiger partial charge in [0, 0.05) is 0 Å². The molecule has 0 radical (unpaired) electrons. The highest BCUT2D eigenvalue weighted by Gasteiger charge is 2.11. The van der Waals surface area contributed by atoms with Crippen LogP contribution in [0.3, 0.4) is 0 Å². The fraction of sp³-hybridized carbons (Fsp3) is 0.250. The maximum Gasteiger partial charge on any atom is 0.305 e. The van der Waals surface area contributed by atoms with E-state index in [0.29, 0.717) is 11.7 Å². The maximum atomic E-state index is 11.7. The van der Waals surface area contributed by atoms with Crippen molar-refractivity contribution in [3.8, 4) is 5.75 Å². The summed E-state index contributed by atoms with van der Waals surface area (Å²) in [6.07, 6.45) is 1.37. The second kappa shape index (κ2) is 7.82. The molecular weight excluding hydrogens is 364 g/mol. The molecule has 7 heteroatoms. The Labute approximate surface area is 142 Å². The summed E-state index contributed by atoms with van der Waals surface area (Å²) < 4.78 is 11.1. The molecule has 0 bridgehead atoms. The van der Waals surface area contributed by atoms with E-state index in [0.717, 1.165) is 4.47 Å². The third-order valence-electron chi connectivity index (χ3n) is 3.04. The summed E-state index contributed by atoms with van der Waals surface area (Å²) in [4.78, 5) is 23.3. The molecule has 0 aliphatic carbocycles. The zero-order valence-electron chi connectivity index (χ0n) is 12.8.